The van der Waals surface area contributed by atoms with Crippen molar-refractivity contribution in [3.63, 3.8) is 0 Å². The summed E-state index contributed by atoms with van der Waals surface area (Å²) in [6, 6.07) is 7.24. The van der Waals surface area contributed by atoms with Gasteiger partial charge < -0.3 is 20.2 Å². The normalized spacial score (nSPS) is 14.7. The Bertz CT molecular complexity index is 2070. The number of carbonyl (C=O) groups is 2. The first-order valence-electron chi connectivity index (χ1n) is 16.5. The minimum absolute atomic E-state index is 0.0136. The molecule has 0 spiro atoms. The molecule has 50 heavy (non-hydrogen) atoms. The van der Waals surface area contributed by atoms with Gasteiger partial charge in [-0.15, -0.1) is 10.2 Å². The van der Waals surface area contributed by atoms with Crippen LogP contribution in [-0.2, 0) is 11.0 Å². The van der Waals surface area contributed by atoms with E-state index in [1.54, 1.807) is 12.4 Å². The van der Waals surface area contributed by atoms with Crippen LogP contribution in [0.3, 0.4) is 0 Å². The number of pyridine rings is 1. The Morgan fingerprint density at radius 2 is 1.72 bits per heavy atom. The molecule has 15 heteroatoms. The molecule has 0 saturated carbocycles. The third-order valence-corrected chi connectivity index (χ3v) is 8.90. The van der Waals surface area contributed by atoms with E-state index >= 15 is 4.39 Å². The lowest BCUT2D eigenvalue weighted by molar-refractivity contribution is 0.0928. The van der Waals surface area contributed by atoms with E-state index in [0.717, 1.165) is 33.6 Å². The quantitative estimate of drug-likeness (QED) is 0.243. The predicted molar refractivity (Wildman–Crippen MR) is 186 cm³/mol. The van der Waals surface area contributed by atoms with Crippen molar-refractivity contribution in [3.8, 4) is 22.5 Å². The SMILES string of the molecule is Cc1c(-c2nc(-c3ccc(N4CCN(C(=O)O)CC4)nc3)cn3ncc(F)c23)ccc([C@@H](C)NC(=O)c2nnn(C(C)(C)C)n2)c1C(C)(C)C. The Hall–Kier alpha value is -5.47. The number of nitrogens with zero attached hydrogens (tertiary/aromatic N) is 10. The van der Waals surface area contributed by atoms with Crippen LogP contribution in [0.5, 0.6) is 0 Å². The molecule has 4 aromatic heterocycles. The highest BCUT2D eigenvalue weighted by Crippen LogP contribution is 2.39. The molecule has 1 aromatic carbocycles. The van der Waals surface area contributed by atoms with Crippen molar-refractivity contribution in [2.75, 3.05) is 31.1 Å². The molecular formula is C35H42FN11O3. The summed E-state index contributed by atoms with van der Waals surface area (Å²) in [6.45, 7) is 17.9. The largest absolute Gasteiger partial charge is 0.465 e. The fourth-order valence-corrected chi connectivity index (χ4v) is 6.43. The van der Waals surface area contributed by atoms with Gasteiger partial charge in [-0.2, -0.15) is 9.90 Å². The number of anilines is 1. The Kier molecular flexibility index (Phi) is 8.78. The van der Waals surface area contributed by atoms with E-state index in [0.29, 0.717) is 37.6 Å². The summed E-state index contributed by atoms with van der Waals surface area (Å²) >= 11 is 0. The number of piperazine rings is 1. The van der Waals surface area contributed by atoms with Crippen molar-refractivity contribution in [2.24, 2.45) is 0 Å². The van der Waals surface area contributed by atoms with E-state index in [1.165, 1.54) is 20.4 Å². The Morgan fingerprint density at radius 3 is 2.32 bits per heavy atom. The average molecular weight is 684 g/mol. The first kappa shape index (κ1) is 34.4. The van der Waals surface area contributed by atoms with Crippen LogP contribution in [-0.4, -0.2) is 88.0 Å². The maximum absolute atomic E-state index is 15.4. The molecule has 0 radical (unpaired) electrons. The highest BCUT2D eigenvalue weighted by molar-refractivity contribution is 5.90. The second kappa shape index (κ2) is 12.8. The van der Waals surface area contributed by atoms with Crippen LogP contribution >= 0.6 is 0 Å². The molecular weight excluding hydrogens is 641 g/mol. The van der Waals surface area contributed by atoms with Gasteiger partial charge in [0.05, 0.1) is 29.7 Å². The van der Waals surface area contributed by atoms with Gasteiger partial charge in [-0.3, -0.25) is 4.79 Å². The zero-order valence-electron chi connectivity index (χ0n) is 29.6. The molecule has 2 N–H and O–H groups in total. The predicted octanol–water partition coefficient (Wildman–Crippen LogP) is 5.24. The number of hydrogen-bond donors (Lipinski definition) is 2. The second-order valence-corrected chi connectivity index (χ2v) is 14.6. The Labute approximate surface area is 289 Å². The van der Waals surface area contributed by atoms with E-state index in [4.69, 9.17) is 4.98 Å². The van der Waals surface area contributed by atoms with Crippen LogP contribution in [0.1, 0.15) is 81.8 Å². The molecule has 0 aliphatic carbocycles. The lowest BCUT2D eigenvalue weighted by Gasteiger charge is -2.33. The van der Waals surface area contributed by atoms with E-state index in [1.807, 2.05) is 63.8 Å². The number of carboxylic acid groups (broad SMARTS) is 1. The highest BCUT2D eigenvalue weighted by Gasteiger charge is 2.29. The van der Waals surface area contributed by atoms with Crippen LogP contribution in [0, 0.1) is 12.7 Å². The second-order valence-electron chi connectivity index (χ2n) is 14.6. The molecule has 0 bridgehead atoms. The number of tetrazole rings is 1. The molecule has 0 unspecified atom stereocenters. The third-order valence-electron chi connectivity index (χ3n) is 8.90. The summed E-state index contributed by atoms with van der Waals surface area (Å²) in [5.74, 6) is -0.206. The van der Waals surface area contributed by atoms with Crippen LogP contribution in [0.2, 0.25) is 0 Å². The number of hydrogen-bond acceptors (Lipinski definition) is 9. The van der Waals surface area contributed by atoms with Gasteiger partial charge in [0, 0.05) is 43.5 Å². The summed E-state index contributed by atoms with van der Waals surface area (Å²) < 4.78 is 16.9. The average Bonchev–Trinajstić information content (AvgIpc) is 3.72. The van der Waals surface area contributed by atoms with Crippen molar-refractivity contribution in [1.82, 2.24) is 50.0 Å². The summed E-state index contributed by atoms with van der Waals surface area (Å²) in [5.41, 5.74) is 4.71. The van der Waals surface area contributed by atoms with E-state index in [-0.39, 0.29) is 16.8 Å². The molecule has 5 heterocycles. The molecule has 5 aromatic rings. The minimum Gasteiger partial charge on any atom is -0.465 e. The van der Waals surface area contributed by atoms with Crippen molar-refractivity contribution in [3.05, 3.63) is 71.2 Å². The van der Waals surface area contributed by atoms with Gasteiger partial charge in [-0.25, -0.2) is 23.7 Å². The number of aromatic nitrogens is 8. The zero-order valence-corrected chi connectivity index (χ0v) is 29.6. The van der Waals surface area contributed by atoms with Crippen LogP contribution in [0.25, 0.3) is 28.0 Å². The van der Waals surface area contributed by atoms with E-state index in [9.17, 15) is 14.7 Å². The maximum atomic E-state index is 15.4. The van der Waals surface area contributed by atoms with Crippen LogP contribution < -0.4 is 10.2 Å². The molecule has 14 nitrogen and oxygen atoms in total. The van der Waals surface area contributed by atoms with Gasteiger partial charge in [0.15, 0.2) is 5.82 Å². The molecule has 262 valence electrons. The number of fused-ring (bicyclic) bond motifs is 1. The smallest absolute Gasteiger partial charge is 0.407 e. The zero-order chi connectivity index (χ0) is 36.1. The fourth-order valence-electron chi connectivity index (χ4n) is 6.43. The fraction of sp³-hybridized carbons (Fsp3) is 0.429. The summed E-state index contributed by atoms with van der Waals surface area (Å²) in [4.78, 5) is 39.0. The maximum Gasteiger partial charge on any atom is 0.407 e. The van der Waals surface area contributed by atoms with Crippen LogP contribution in [0.15, 0.2) is 42.9 Å². The van der Waals surface area contributed by atoms with E-state index in [2.05, 4.69) is 51.6 Å². The Morgan fingerprint density at radius 1 is 1.00 bits per heavy atom. The molecule has 1 aliphatic heterocycles. The lowest BCUT2D eigenvalue weighted by atomic mass is 9.77. The molecule has 1 fully saturated rings. The number of halogens is 1. The number of rotatable bonds is 6. The molecule has 1 saturated heterocycles. The summed E-state index contributed by atoms with van der Waals surface area (Å²) in [5, 5.41) is 28.9. The monoisotopic (exact) mass is 683 g/mol. The first-order valence-corrected chi connectivity index (χ1v) is 16.5. The van der Waals surface area contributed by atoms with Crippen molar-refractivity contribution in [2.45, 2.75) is 72.4 Å². The molecule has 1 aliphatic rings. The summed E-state index contributed by atoms with van der Waals surface area (Å²) in [7, 11) is 0. The highest BCUT2D eigenvalue weighted by atomic mass is 19.1. The molecule has 2 amide bonds. The van der Waals surface area contributed by atoms with E-state index < -0.39 is 29.4 Å². The van der Waals surface area contributed by atoms with Crippen molar-refractivity contribution >= 4 is 23.3 Å². The van der Waals surface area contributed by atoms with Gasteiger partial charge in [-0.05, 0) is 74.1 Å². The molecule has 1 atom stereocenters. The number of benzene rings is 1. The van der Waals surface area contributed by atoms with Gasteiger partial charge in [0.2, 0.25) is 0 Å². The third kappa shape index (κ3) is 6.59. The van der Waals surface area contributed by atoms with Gasteiger partial charge in [0.1, 0.15) is 17.0 Å². The van der Waals surface area contributed by atoms with Gasteiger partial charge in [0.25, 0.3) is 11.7 Å². The first-order chi connectivity index (χ1) is 23.5. The number of nitrogens with one attached hydrogen (secondary N) is 1. The Balaban J connectivity index is 1.35. The van der Waals surface area contributed by atoms with Gasteiger partial charge >= 0.3 is 6.09 Å². The van der Waals surface area contributed by atoms with Crippen molar-refractivity contribution < 1.29 is 19.1 Å². The lowest BCUT2D eigenvalue weighted by Crippen LogP contribution is -2.48. The topological polar surface area (TPSA) is 160 Å². The molecule has 6 rings (SSSR count). The number of amides is 2. The minimum atomic E-state index is -0.920. The van der Waals surface area contributed by atoms with Crippen molar-refractivity contribution in [1.29, 1.82) is 0 Å². The van der Waals surface area contributed by atoms with Crippen LogP contribution in [0.4, 0.5) is 15.0 Å². The number of carbonyl (C=O) groups excluding carboxylic acids is 1. The standard InChI is InChI=1S/C35H42FN11O3/c1-20-23(10-11-24(28(20)34(3,4)5)21(2)39-32(48)31-41-43-47(42-31)35(6,7)8)29-30-25(36)18-38-46(30)19-26(40-29)22-9-12-27(37-17-22)44-13-15-45(16-14-44)33(49)50/h9-12,17-19,21H,13-16H2,1-8H3,(H,39,48)(H,49,50)/t21-/m1/s1. The summed E-state index contributed by atoms with van der Waals surface area (Å²) in [6.07, 6.45) is 3.65. The van der Waals surface area contributed by atoms with Gasteiger partial charge in [-0.1, -0.05) is 32.9 Å².